The fraction of sp³-hybridized carbons (Fsp3) is 0.353. The van der Waals surface area contributed by atoms with Crippen molar-refractivity contribution in [1.29, 1.82) is 0 Å². The van der Waals surface area contributed by atoms with Crippen LogP contribution in [0.1, 0.15) is 34.5 Å². The number of hydrogen-bond acceptors (Lipinski definition) is 6. The molecule has 2 aromatic rings. The van der Waals surface area contributed by atoms with Crippen molar-refractivity contribution in [1.82, 2.24) is 4.98 Å². The number of nitrogens with one attached hydrogen (secondary N) is 1. The Hall–Kier alpha value is -1.64. The van der Waals surface area contributed by atoms with Crippen LogP contribution in [0.2, 0.25) is 4.47 Å². The molecule has 0 saturated heterocycles. The maximum absolute atomic E-state index is 14.7. The third-order valence-corrected chi connectivity index (χ3v) is 6.99. The van der Waals surface area contributed by atoms with Gasteiger partial charge in [0.05, 0.1) is 11.7 Å². The van der Waals surface area contributed by atoms with Crippen molar-refractivity contribution in [3.8, 4) is 0 Å². The molecule has 26 heavy (non-hydrogen) atoms. The second kappa shape index (κ2) is 6.83. The van der Waals surface area contributed by atoms with Gasteiger partial charge in [0, 0.05) is 17.0 Å². The predicted octanol–water partition coefficient (Wildman–Crippen LogP) is 4.24. The van der Waals surface area contributed by atoms with E-state index in [1.165, 1.54) is 24.0 Å². The standard InChI is InChI=1S/C17H16ClFN4OS2/c18-15-21-7-13(26-15)14(24)22-10-3-4-12(19)11(6-10)17-5-1-2-9(17)8-25-16(20)23-17/h3-4,6-7,9H,1-2,5,8H2,(H2,20,23)(H,22,24)/t9-,17-/m0/s1. The average Bonchev–Trinajstić information content (AvgIpc) is 3.23. The van der Waals surface area contributed by atoms with Crippen LogP contribution in [0, 0.1) is 11.7 Å². The van der Waals surface area contributed by atoms with Gasteiger partial charge in [-0.1, -0.05) is 41.1 Å². The number of aromatic nitrogens is 1. The lowest BCUT2D eigenvalue weighted by molar-refractivity contribution is 0.103. The van der Waals surface area contributed by atoms with Crippen LogP contribution in [-0.4, -0.2) is 21.8 Å². The lowest BCUT2D eigenvalue weighted by Crippen LogP contribution is -2.37. The van der Waals surface area contributed by atoms with Crippen LogP contribution in [0.3, 0.4) is 0 Å². The number of fused-ring (bicyclic) bond motifs is 1. The molecule has 136 valence electrons. The van der Waals surface area contributed by atoms with E-state index >= 15 is 0 Å². The number of rotatable bonds is 3. The number of nitrogens with zero attached hydrogens (tertiary/aromatic N) is 2. The maximum atomic E-state index is 14.7. The molecule has 5 nitrogen and oxygen atoms in total. The van der Waals surface area contributed by atoms with Gasteiger partial charge in [0.1, 0.15) is 10.7 Å². The summed E-state index contributed by atoms with van der Waals surface area (Å²) in [6.07, 6.45) is 4.16. The first-order valence-corrected chi connectivity index (χ1v) is 10.4. The van der Waals surface area contributed by atoms with Crippen LogP contribution >= 0.6 is 34.7 Å². The molecule has 2 aliphatic rings. The molecule has 1 amide bonds. The van der Waals surface area contributed by atoms with Crippen molar-refractivity contribution in [2.24, 2.45) is 16.6 Å². The summed E-state index contributed by atoms with van der Waals surface area (Å²) in [7, 11) is 0. The Labute approximate surface area is 163 Å². The van der Waals surface area contributed by atoms with Crippen LogP contribution in [-0.2, 0) is 5.54 Å². The van der Waals surface area contributed by atoms with E-state index < -0.39 is 5.54 Å². The molecular weight excluding hydrogens is 395 g/mol. The van der Waals surface area contributed by atoms with Crippen LogP contribution in [0.15, 0.2) is 29.4 Å². The molecule has 1 aliphatic heterocycles. The summed E-state index contributed by atoms with van der Waals surface area (Å²) < 4.78 is 15.0. The van der Waals surface area contributed by atoms with Crippen LogP contribution in [0.25, 0.3) is 0 Å². The molecule has 1 fully saturated rings. The van der Waals surface area contributed by atoms with Crippen molar-refractivity contribution >= 4 is 51.5 Å². The SMILES string of the molecule is NC1=N[C@@]2(c3cc(NC(=O)c4cnc(Cl)s4)ccc3F)CCC[C@H]2CS1. The molecule has 2 atom stereocenters. The van der Waals surface area contributed by atoms with Crippen LogP contribution < -0.4 is 11.1 Å². The molecule has 2 heterocycles. The van der Waals surface area contributed by atoms with Gasteiger partial charge in [0.15, 0.2) is 9.63 Å². The van der Waals surface area contributed by atoms with Crippen LogP contribution in [0.5, 0.6) is 0 Å². The fourth-order valence-corrected chi connectivity index (χ4v) is 5.62. The number of thiazole rings is 1. The lowest BCUT2D eigenvalue weighted by atomic mass is 9.81. The van der Waals surface area contributed by atoms with E-state index in [0.29, 0.717) is 25.8 Å². The highest BCUT2D eigenvalue weighted by atomic mass is 35.5. The Morgan fingerprint density at radius 2 is 2.31 bits per heavy atom. The zero-order valence-corrected chi connectivity index (χ0v) is 16.1. The first kappa shape index (κ1) is 17.8. The van der Waals surface area contributed by atoms with Gasteiger partial charge >= 0.3 is 0 Å². The zero-order valence-electron chi connectivity index (χ0n) is 13.7. The van der Waals surface area contributed by atoms with Crippen molar-refractivity contribution in [3.63, 3.8) is 0 Å². The first-order chi connectivity index (χ1) is 12.5. The number of nitrogens with two attached hydrogens (primary N) is 1. The number of halogens is 2. The monoisotopic (exact) mass is 410 g/mol. The first-order valence-electron chi connectivity index (χ1n) is 8.19. The van der Waals surface area contributed by atoms with Crippen molar-refractivity contribution in [3.05, 3.63) is 45.1 Å². The molecule has 1 aliphatic carbocycles. The summed E-state index contributed by atoms with van der Waals surface area (Å²) in [5, 5.41) is 3.28. The number of amides is 1. The fourth-order valence-electron chi connectivity index (χ4n) is 3.74. The maximum Gasteiger partial charge on any atom is 0.267 e. The lowest BCUT2D eigenvalue weighted by Gasteiger charge is -2.36. The number of benzene rings is 1. The second-order valence-corrected chi connectivity index (χ2v) is 9.05. The Kier molecular flexibility index (Phi) is 4.66. The molecule has 0 radical (unpaired) electrons. The number of amidine groups is 1. The van der Waals surface area contributed by atoms with Gasteiger partial charge in [-0.15, -0.1) is 0 Å². The summed E-state index contributed by atoms with van der Waals surface area (Å²) in [4.78, 5) is 21.3. The largest absolute Gasteiger partial charge is 0.379 e. The van der Waals surface area contributed by atoms with E-state index in [0.717, 1.165) is 36.4 Å². The Balaban J connectivity index is 1.68. The van der Waals surface area contributed by atoms with E-state index in [9.17, 15) is 9.18 Å². The summed E-state index contributed by atoms with van der Waals surface area (Å²) in [5.41, 5.74) is 6.35. The van der Waals surface area contributed by atoms with E-state index in [-0.39, 0.29) is 17.6 Å². The highest BCUT2D eigenvalue weighted by molar-refractivity contribution is 8.13. The molecule has 1 aromatic carbocycles. The van der Waals surface area contributed by atoms with E-state index in [2.05, 4.69) is 15.3 Å². The second-order valence-electron chi connectivity index (χ2n) is 6.40. The molecule has 9 heteroatoms. The Bertz CT molecular complexity index is 903. The van der Waals surface area contributed by atoms with Gasteiger partial charge in [-0.2, -0.15) is 0 Å². The zero-order chi connectivity index (χ0) is 18.3. The molecule has 0 unspecified atom stereocenters. The minimum Gasteiger partial charge on any atom is -0.379 e. The number of aliphatic imine (C=N–C) groups is 1. The summed E-state index contributed by atoms with van der Waals surface area (Å²) in [5.74, 6) is 0.444. The average molecular weight is 411 g/mol. The number of carbonyl (C=O) groups is 1. The molecule has 1 saturated carbocycles. The van der Waals surface area contributed by atoms with E-state index in [4.69, 9.17) is 17.3 Å². The highest BCUT2D eigenvalue weighted by Gasteiger charge is 2.48. The van der Waals surface area contributed by atoms with E-state index in [1.54, 1.807) is 12.1 Å². The minimum absolute atomic E-state index is 0.251. The van der Waals surface area contributed by atoms with Gasteiger partial charge < -0.3 is 11.1 Å². The summed E-state index contributed by atoms with van der Waals surface area (Å²) >= 11 is 8.40. The number of anilines is 1. The van der Waals surface area contributed by atoms with Crippen molar-refractivity contribution in [2.45, 2.75) is 24.8 Å². The molecule has 0 spiro atoms. The number of carbonyl (C=O) groups excluding carboxylic acids is 1. The Morgan fingerprint density at radius 3 is 3.08 bits per heavy atom. The summed E-state index contributed by atoms with van der Waals surface area (Å²) in [6.45, 7) is 0. The molecule has 0 bridgehead atoms. The summed E-state index contributed by atoms with van der Waals surface area (Å²) in [6, 6.07) is 4.60. The molecule has 4 rings (SSSR count). The smallest absolute Gasteiger partial charge is 0.267 e. The highest BCUT2D eigenvalue weighted by Crippen LogP contribution is 2.51. The normalized spacial score (nSPS) is 24.8. The van der Waals surface area contributed by atoms with Crippen LogP contribution in [0.4, 0.5) is 10.1 Å². The number of hydrogen-bond donors (Lipinski definition) is 2. The van der Waals surface area contributed by atoms with Gasteiger partial charge in [-0.05, 0) is 37.0 Å². The van der Waals surface area contributed by atoms with E-state index in [1.807, 2.05) is 0 Å². The Morgan fingerprint density at radius 1 is 1.46 bits per heavy atom. The van der Waals surface area contributed by atoms with Gasteiger partial charge in [-0.25, -0.2) is 9.37 Å². The van der Waals surface area contributed by atoms with Gasteiger partial charge in [0.25, 0.3) is 5.91 Å². The van der Waals surface area contributed by atoms with Crippen molar-refractivity contribution in [2.75, 3.05) is 11.1 Å². The number of thioether (sulfide) groups is 1. The van der Waals surface area contributed by atoms with Gasteiger partial charge in [0.2, 0.25) is 0 Å². The van der Waals surface area contributed by atoms with Gasteiger partial charge in [-0.3, -0.25) is 9.79 Å². The van der Waals surface area contributed by atoms with Crippen molar-refractivity contribution < 1.29 is 9.18 Å². The minimum atomic E-state index is -0.631. The topological polar surface area (TPSA) is 80.4 Å². The predicted molar refractivity (Wildman–Crippen MR) is 105 cm³/mol. The molecule has 3 N–H and O–H groups in total. The third-order valence-electron chi connectivity index (χ3n) is 4.92. The quantitative estimate of drug-likeness (QED) is 0.792. The molecular formula is C17H16ClFN4OS2. The molecule has 1 aromatic heterocycles. The third kappa shape index (κ3) is 3.10.